The average molecular weight is 292 g/mol. The van der Waals surface area contributed by atoms with Crippen LogP contribution in [0.25, 0.3) is 0 Å². The first-order chi connectivity index (χ1) is 10.2. The molecule has 1 heterocycles. The van der Waals surface area contributed by atoms with E-state index in [2.05, 4.69) is 23.2 Å². The van der Waals surface area contributed by atoms with Gasteiger partial charge in [0.25, 0.3) is 0 Å². The van der Waals surface area contributed by atoms with Gasteiger partial charge in [-0.25, -0.2) is 0 Å². The number of rotatable bonds is 5. The van der Waals surface area contributed by atoms with Crippen LogP contribution in [0.3, 0.4) is 0 Å². The molecule has 1 fully saturated rings. The van der Waals surface area contributed by atoms with Crippen LogP contribution in [0.5, 0.6) is 5.75 Å². The van der Waals surface area contributed by atoms with Gasteiger partial charge in [-0.2, -0.15) is 0 Å². The van der Waals surface area contributed by atoms with Crippen molar-refractivity contribution in [3.63, 3.8) is 0 Å². The van der Waals surface area contributed by atoms with Crippen LogP contribution in [0.1, 0.15) is 25.5 Å². The summed E-state index contributed by atoms with van der Waals surface area (Å²) in [6.45, 7) is 6.70. The summed E-state index contributed by atoms with van der Waals surface area (Å²) in [5.74, 6) is 0.682. The molecule has 1 aliphatic rings. The fourth-order valence-corrected chi connectivity index (χ4v) is 2.73. The predicted octanol–water partition coefficient (Wildman–Crippen LogP) is 1.59. The predicted molar refractivity (Wildman–Crippen MR) is 81.4 cm³/mol. The van der Waals surface area contributed by atoms with Gasteiger partial charge >= 0.3 is 5.97 Å². The maximum atomic E-state index is 12.1. The fraction of sp³-hybridized carbons (Fsp3) is 0.562. The van der Waals surface area contributed by atoms with E-state index in [1.54, 1.807) is 7.11 Å². The van der Waals surface area contributed by atoms with Crippen molar-refractivity contribution in [1.82, 2.24) is 10.2 Å². The zero-order chi connectivity index (χ0) is 15.2. The number of ether oxygens (including phenoxy) is 2. The molecular formula is C16H24N2O3. The van der Waals surface area contributed by atoms with Crippen molar-refractivity contribution in [1.29, 1.82) is 0 Å². The second-order valence-electron chi connectivity index (χ2n) is 5.16. The molecule has 2 atom stereocenters. The number of piperazine rings is 1. The van der Waals surface area contributed by atoms with Crippen LogP contribution in [0.15, 0.2) is 24.3 Å². The lowest BCUT2D eigenvalue weighted by atomic mass is 10.0. The van der Waals surface area contributed by atoms with E-state index in [1.807, 2.05) is 25.1 Å². The Morgan fingerprint density at radius 2 is 2.33 bits per heavy atom. The molecule has 116 valence electrons. The third kappa shape index (κ3) is 3.74. The fourth-order valence-electron chi connectivity index (χ4n) is 2.73. The van der Waals surface area contributed by atoms with Gasteiger partial charge in [-0.05, 0) is 31.5 Å². The van der Waals surface area contributed by atoms with Crippen LogP contribution in [-0.2, 0) is 9.53 Å². The maximum Gasteiger partial charge on any atom is 0.324 e. The molecule has 2 rings (SSSR count). The molecule has 0 bridgehead atoms. The highest BCUT2D eigenvalue weighted by molar-refractivity contribution is 5.76. The van der Waals surface area contributed by atoms with Crippen LogP contribution in [0.2, 0.25) is 0 Å². The Balaban J connectivity index is 2.17. The SMILES string of the molecule is CCOC(=O)C1CNCCN1C(C)c1cccc(OC)c1. The molecular weight excluding hydrogens is 268 g/mol. The van der Waals surface area contributed by atoms with Gasteiger partial charge in [-0.1, -0.05) is 12.1 Å². The molecule has 1 aromatic carbocycles. The minimum absolute atomic E-state index is 0.136. The minimum Gasteiger partial charge on any atom is -0.497 e. The Morgan fingerprint density at radius 3 is 3.05 bits per heavy atom. The Bertz CT molecular complexity index is 478. The highest BCUT2D eigenvalue weighted by atomic mass is 16.5. The molecule has 1 aromatic rings. The van der Waals surface area contributed by atoms with E-state index in [0.717, 1.165) is 24.4 Å². The molecule has 1 aliphatic heterocycles. The Hall–Kier alpha value is -1.59. The van der Waals surface area contributed by atoms with E-state index in [1.165, 1.54) is 0 Å². The highest BCUT2D eigenvalue weighted by Crippen LogP contribution is 2.26. The first-order valence-electron chi connectivity index (χ1n) is 7.44. The summed E-state index contributed by atoms with van der Waals surface area (Å²) < 4.78 is 10.5. The standard InChI is InChI=1S/C16H24N2O3/c1-4-21-16(19)15-11-17-8-9-18(15)12(2)13-6-5-7-14(10-13)20-3/h5-7,10,12,15,17H,4,8-9,11H2,1-3H3. The van der Waals surface area contributed by atoms with E-state index in [0.29, 0.717) is 13.2 Å². The normalized spacial score (nSPS) is 20.8. The first kappa shape index (κ1) is 15.8. The summed E-state index contributed by atoms with van der Waals surface area (Å²) in [5.41, 5.74) is 1.14. The van der Waals surface area contributed by atoms with Gasteiger partial charge in [0.15, 0.2) is 0 Å². The van der Waals surface area contributed by atoms with Crippen molar-refractivity contribution >= 4 is 5.97 Å². The largest absolute Gasteiger partial charge is 0.497 e. The van der Waals surface area contributed by atoms with E-state index >= 15 is 0 Å². The lowest BCUT2D eigenvalue weighted by Gasteiger charge is -2.38. The van der Waals surface area contributed by atoms with Crippen molar-refractivity contribution < 1.29 is 14.3 Å². The third-order valence-electron chi connectivity index (χ3n) is 3.92. The number of nitrogens with zero attached hydrogens (tertiary/aromatic N) is 1. The quantitative estimate of drug-likeness (QED) is 0.835. The summed E-state index contributed by atoms with van der Waals surface area (Å²) in [5, 5.41) is 3.27. The van der Waals surface area contributed by atoms with E-state index < -0.39 is 0 Å². The lowest BCUT2D eigenvalue weighted by molar-refractivity contribution is -0.151. The minimum atomic E-state index is -0.236. The molecule has 0 radical (unpaired) electrons. The van der Waals surface area contributed by atoms with Crippen molar-refractivity contribution in [3.8, 4) is 5.75 Å². The lowest BCUT2D eigenvalue weighted by Crippen LogP contribution is -2.55. The Kier molecular flexibility index (Phi) is 5.59. The zero-order valence-electron chi connectivity index (χ0n) is 13.0. The molecule has 1 saturated heterocycles. The monoisotopic (exact) mass is 292 g/mol. The molecule has 0 saturated carbocycles. The summed E-state index contributed by atoms with van der Waals surface area (Å²) in [4.78, 5) is 14.3. The molecule has 2 unspecified atom stereocenters. The van der Waals surface area contributed by atoms with Gasteiger partial charge in [0.05, 0.1) is 13.7 Å². The molecule has 0 amide bonds. The number of benzene rings is 1. The number of hydrogen-bond acceptors (Lipinski definition) is 5. The van der Waals surface area contributed by atoms with Gasteiger partial charge in [-0.15, -0.1) is 0 Å². The molecule has 0 aliphatic carbocycles. The van der Waals surface area contributed by atoms with Crippen LogP contribution in [0, 0.1) is 0 Å². The number of hydrogen-bond donors (Lipinski definition) is 1. The number of esters is 1. The zero-order valence-corrected chi connectivity index (χ0v) is 13.0. The second kappa shape index (κ2) is 7.43. The summed E-state index contributed by atoms with van der Waals surface area (Å²) in [7, 11) is 1.66. The van der Waals surface area contributed by atoms with Gasteiger partial charge in [-0.3, -0.25) is 9.69 Å². The molecule has 0 spiro atoms. The third-order valence-corrected chi connectivity index (χ3v) is 3.92. The molecule has 0 aromatic heterocycles. The second-order valence-corrected chi connectivity index (χ2v) is 5.16. The van der Waals surface area contributed by atoms with Crippen molar-refractivity contribution in [3.05, 3.63) is 29.8 Å². The highest BCUT2D eigenvalue weighted by Gasteiger charge is 2.33. The summed E-state index contributed by atoms with van der Waals surface area (Å²) in [6, 6.07) is 7.89. The van der Waals surface area contributed by atoms with Crippen LogP contribution in [-0.4, -0.2) is 50.3 Å². The van der Waals surface area contributed by atoms with Crippen molar-refractivity contribution in [2.45, 2.75) is 25.9 Å². The van der Waals surface area contributed by atoms with E-state index in [4.69, 9.17) is 9.47 Å². The smallest absolute Gasteiger partial charge is 0.324 e. The summed E-state index contributed by atoms with van der Waals surface area (Å²) >= 11 is 0. The number of nitrogens with one attached hydrogen (secondary N) is 1. The Morgan fingerprint density at radius 1 is 1.52 bits per heavy atom. The van der Waals surface area contributed by atoms with Gasteiger partial charge in [0.2, 0.25) is 0 Å². The molecule has 21 heavy (non-hydrogen) atoms. The average Bonchev–Trinajstić information content (AvgIpc) is 2.54. The molecule has 5 nitrogen and oxygen atoms in total. The van der Waals surface area contributed by atoms with Crippen molar-refractivity contribution in [2.75, 3.05) is 33.4 Å². The van der Waals surface area contributed by atoms with Crippen LogP contribution < -0.4 is 10.1 Å². The Labute approximate surface area is 126 Å². The number of methoxy groups -OCH3 is 1. The molecule has 5 heteroatoms. The number of carbonyl (C=O) groups is 1. The van der Waals surface area contributed by atoms with Crippen LogP contribution in [0.4, 0.5) is 0 Å². The van der Waals surface area contributed by atoms with Gasteiger partial charge in [0.1, 0.15) is 11.8 Å². The van der Waals surface area contributed by atoms with Gasteiger partial charge in [0, 0.05) is 25.7 Å². The summed E-state index contributed by atoms with van der Waals surface area (Å²) in [6.07, 6.45) is 0. The maximum absolute atomic E-state index is 12.1. The van der Waals surface area contributed by atoms with E-state index in [-0.39, 0.29) is 18.1 Å². The van der Waals surface area contributed by atoms with Crippen molar-refractivity contribution in [2.24, 2.45) is 0 Å². The first-order valence-corrected chi connectivity index (χ1v) is 7.44. The number of carbonyl (C=O) groups excluding carboxylic acids is 1. The van der Waals surface area contributed by atoms with E-state index in [9.17, 15) is 4.79 Å². The van der Waals surface area contributed by atoms with Crippen LogP contribution >= 0.6 is 0 Å². The molecule has 1 N–H and O–H groups in total. The topological polar surface area (TPSA) is 50.8 Å². The van der Waals surface area contributed by atoms with Gasteiger partial charge < -0.3 is 14.8 Å².